The molecule has 0 aliphatic carbocycles. The first-order valence-corrected chi connectivity index (χ1v) is 13.4. The fraction of sp³-hybridized carbons (Fsp3) is 0.250. The Kier molecular flexibility index (Phi) is 11.0. The number of hydrogen-bond acceptors (Lipinski definition) is 6. The molecule has 2 amide bonds. The molecule has 0 aromatic heterocycles. The van der Waals surface area contributed by atoms with Gasteiger partial charge in [-0.05, 0) is 75.9 Å². The summed E-state index contributed by atoms with van der Waals surface area (Å²) in [5, 5.41) is 7.84. The van der Waals surface area contributed by atoms with E-state index in [9.17, 15) is 9.59 Å². The van der Waals surface area contributed by atoms with Gasteiger partial charge in [-0.25, -0.2) is 5.43 Å². The number of amides is 2. The van der Waals surface area contributed by atoms with Crippen molar-refractivity contribution in [1.82, 2.24) is 5.43 Å². The first kappa shape index (κ1) is 30.3. The standard InChI is InChI=1S/C28H28BrCl2N3O5/c1-16(2)25(27(35)33-20-7-9-21(37-3)10-8-20)28(36)34-32-14-17-11-22(29)26(24(12-17)38-4)39-15-18-5-6-19(30)13-23(18)31/h5-14,16,25H,15H2,1-4H3,(H,33,35)(H,34,36). The Morgan fingerprint density at radius 2 is 1.72 bits per heavy atom. The lowest BCUT2D eigenvalue weighted by molar-refractivity contribution is -0.134. The summed E-state index contributed by atoms with van der Waals surface area (Å²) in [5.74, 6) is -0.609. The van der Waals surface area contributed by atoms with Crippen molar-refractivity contribution in [2.24, 2.45) is 16.9 Å². The molecule has 206 valence electrons. The Hall–Kier alpha value is -3.27. The number of benzene rings is 3. The van der Waals surface area contributed by atoms with Gasteiger partial charge in [0.05, 0.1) is 24.9 Å². The highest BCUT2D eigenvalue weighted by molar-refractivity contribution is 9.10. The number of nitrogens with zero attached hydrogens (tertiary/aromatic N) is 1. The van der Waals surface area contributed by atoms with Crippen LogP contribution in [0.3, 0.4) is 0 Å². The number of carbonyl (C=O) groups is 2. The Morgan fingerprint density at radius 1 is 1.00 bits per heavy atom. The van der Waals surface area contributed by atoms with Gasteiger partial charge in [0.1, 0.15) is 18.3 Å². The second kappa shape index (κ2) is 14.2. The van der Waals surface area contributed by atoms with Crippen LogP contribution in [0.5, 0.6) is 17.2 Å². The van der Waals surface area contributed by atoms with E-state index >= 15 is 0 Å². The molecule has 8 nitrogen and oxygen atoms in total. The maximum absolute atomic E-state index is 12.8. The van der Waals surface area contributed by atoms with Crippen molar-refractivity contribution in [3.05, 3.63) is 80.2 Å². The van der Waals surface area contributed by atoms with Gasteiger partial charge in [-0.3, -0.25) is 9.59 Å². The van der Waals surface area contributed by atoms with E-state index in [4.69, 9.17) is 37.4 Å². The minimum absolute atomic E-state index is 0.198. The molecule has 3 aromatic rings. The lowest BCUT2D eigenvalue weighted by Crippen LogP contribution is -2.39. The van der Waals surface area contributed by atoms with E-state index in [1.54, 1.807) is 75.6 Å². The number of anilines is 1. The van der Waals surface area contributed by atoms with Crippen molar-refractivity contribution in [3.63, 3.8) is 0 Å². The molecule has 0 aliphatic rings. The summed E-state index contributed by atoms with van der Waals surface area (Å²) < 4.78 is 17.2. The van der Waals surface area contributed by atoms with Crippen LogP contribution in [0.15, 0.2) is 64.2 Å². The van der Waals surface area contributed by atoms with Crippen LogP contribution >= 0.6 is 39.1 Å². The lowest BCUT2D eigenvalue weighted by Gasteiger charge is -2.18. The SMILES string of the molecule is COc1ccc(NC(=O)C(C(=O)NN=Cc2cc(Br)c(OCc3ccc(Cl)cc3Cl)c(OC)c2)C(C)C)cc1. The molecule has 0 bridgehead atoms. The Balaban J connectivity index is 1.66. The molecule has 11 heteroatoms. The molecular weight excluding hydrogens is 609 g/mol. The van der Waals surface area contributed by atoms with Crippen molar-refractivity contribution in [1.29, 1.82) is 0 Å². The van der Waals surface area contributed by atoms with Crippen molar-refractivity contribution < 1.29 is 23.8 Å². The number of nitrogens with one attached hydrogen (secondary N) is 2. The maximum Gasteiger partial charge on any atom is 0.252 e. The van der Waals surface area contributed by atoms with Crippen LogP contribution in [0.1, 0.15) is 25.0 Å². The largest absolute Gasteiger partial charge is 0.497 e. The highest BCUT2D eigenvalue weighted by atomic mass is 79.9. The van der Waals surface area contributed by atoms with Gasteiger partial charge in [0.15, 0.2) is 11.5 Å². The molecule has 1 atom stereocenters. The average molecular weight is 637 g/mol. The molecule has 3 aromatic carbocycles. The quantitative estimate of drug-likeness (QED) is 0.138. The minimum atomic E-state index is -0.957. The number of carbonyl (C=O) groups excluding carboxylic acids is 2. The van der Waals surface area contributed by atoms with E-state index in [1.807, 2.05) is 0 Å². The molecule has 0 spiro atoms. The number of hydrogen-bond donors (Lipinski definition) is 2. The first-order valence-electron chi connectivity index (χ1n) is 11.8. The monoisotopic (exact) mass is 635 g/mol. The van der Waals surface area contributed by atoms with E-state index in [0.29, 0.717) is 43.0 Å². The zero-order valence-electron chi connectivity index (χ0n) is 21.8. The number of halogens is 3. The Labute approximate surface area is 245 Å². The maximum atomic E-state index is 12.8. The normalized spacial score (nSPS) is 11.8. The second-order valence-corrected chi connectivity index (χ2v) is 10.4. The molecule has 0 heterocycles. The first-order chi connectivity index (χ1) is 18.6. The third kappa shape index (κ3) is 8.36. The number of hydrazone groups is 1. The summed E-state index contributed by atoms with van der Waals surface area (Å²) in [4.78, 5) is 25.7. The molecule has 2 N–H and O–H groups in total. The van der Waals surface area contributed by atoms with Crippen LogP contribution in [0.25, 0.3) is 0 Å². The number of methoxy groups -OCH3 is 2. The van der Waals surface area contributed by atoms with Gasteiger partial charge in [-0.15, -0.1) is 0 Å². The van der Waals surface area contributed by atoms with Gasteiger partial charge in [0, 0.05) is 21.3 Å². The molecule has 0 aliphatic heterocycles. The Morgan fingerprint density at radius 3 is 2.33 bits per heavy atom. The van der Waals surface area contributed by atoms with Crippen LogP contribution < -0.4 is 25.0 Å². The van der Waals surface area contributed by atoms with Gasteiger partial charge in [0.25, 0.3) is 5.91 Å². The predicted octanol–water partition coefficient (Wildman–Crippen LogP) is 6.71. The molecular formula is C28H28BrCl2N3O5. The predicted molar refractivity (Wildman–Crippen MR) is 157 cm³/mol. The molecule has 0 saturated carbocycles. The minimum Gasteiger partial charge on any atom is -0.497 e. The Bertz CT molecular complexity index is 1350. The van der Waals surface area contributed by atoms with Gasteiger partial charge >= 0.3 is 0 Å². The van der Waals surface area contributed by atoms with E-state index < -0.39 is 17.7 Å². The summed E-state index contributed by atoms with van der Waals surface area (Å²) in [6, 6.07) is 15.5. The summed E-state index contributed by atoms with van der Waals surface area (Å²) in [7, 11) is 3.07. The van der Waals surface area contributed by atoms with Crippen LogP contribution in [0.4, 0.5) is 5.69 Å². The number of rotatable bonds is 11. The van der Waals surface area contributed by atoms with Crippen LogP contribution in [-0.4, -0.2) is 32.2 Å². The summed E-state index contributed by atoms with van der Waals surface area (Å²) in [6.45, 7) is 3.78. The van der Waals surface area contributed by atoms with Crippen LogP contribution in [0.2, 0.25) is 10.0 Å². The zero-order valence-corrected chi connectivity index (χ0v) is 24.9. The summed E-state index contributed by atoms with van der Waals surface area (Å²) in [5.41, 5.74) is 4.41. The van der Waals surface area contributed by atoms with Gasteiger partial charge < -0.3 is 19.5 Å². The van der Waals surface area contributed by atoms with Gasteiger partial charge in [0.2, 0.25) is 5.91 Å². The van der Waals surface area contributed by atoms with Crippen LogP contribution in [-0.2, 0) is 16.2 Å². The average Bonchev–Trinajstić information content (AvgIpc) is 2.89. The van der Waals surface area contributed by atoms with Crippen molar-refractivity contribution in [2.75, 3.05) is 19.5 Å². The molecule has 0 fully saturated rings. The third-order valence-corrected chi connectivity index (χ3v) is 6.79. The molecule has 39 heavy (non-hydrogen) atoms. The summed E-state index contributed by atoms with van der Waals surface area (Å²) >= 11 is 15.7. The summed E-state index contributed by atoms with van der Waals surface area (Å²) in [6.07, 6.45) is 1.45. The second-order valence-electron chi connectivity index (χ2n) is 8.73. The molecule has 3 rings (SSSR count). The van der Waals surface area contributed by atoms with Crippen molar-refractivity contribution in [2.45, 2.75) is 20.5 Å². The zero-order chi connectivity index (χ0) is 28.5. The van der Waals surface area contributed by atoms with Gasteiger partial charge in [-0.2, -0.15) is 5.10 Å². The molecule has 1 unspecified atom stereocenters. The fourth-order valence-corrected chi connectivity index (χ4v) is 4.64. The topological polar surface area (TPSA) is 98.2 Å². The highest BCUT2D eigenvalue weighted by Gasteiger charge is 2.30. The smallest absolute Gasteiger partial charge is 0.252 e. The number of ether oxygens (including phenoxy) is 3. The van der Waals surface area contributed by atoms with E-state index in [0.717, 1.165) is 5.56 Å². The lowest BCUT2D eigenvalue weighted by atomic mass is 9.94. The van der Waals surface area contributed by atoms with Gasteiger partial charge in [-0.1, -0.05) is 43.1 Å². The fourth-order valence-electron chi connectivity index (χ4n) is 3.60. The van der Waals surface area contributed by atoms with Crippen molar-refractivity contribution in [3.8, 4) is 17.2 Å². The third-order valence-electron chi connectivity index (χ3n) is 5.62. The van der Waals surface area contributed by atoms with Crippen LogP contribution in [0, 0.1) is 11.8 Å². The molecule has 0 saturated heterocycles. The van der Waals surface area contributed by atoms with E-state index in [-0.39, 0.29) is 12.5 Å². The van der Waals surface area contributed by atoms with E-state index in [2.05, 4.69) is 31.8 Å². The molecule has 0 radical (unpaired) electrons. The highest BCUT2D eigenvalue weighted by Crippen LogP contribution is 2.37. The van der Waals surface area contributed by atoms with Crippen molar-refractivity contribution >= 4 is 62.8 Å². The van der Waals surface area contributed by atoms with E-state index in [1.165, 1.54) is 13.3 Å².